The van der Waals surface area contributed by atoms with Crippen LogP contribution in [0.5, 0.6) is 0 Å². The normalized spacial score (nSPS) is 9.75. The zero-order valence-electron chi connectivity index (χ0n) is 4.80. The Balaban J connectivity index is 2.53. The quantitative estimate of drug-likeness (QED) is 0.273. The van der Waals surface area contributed by atoms with Crippen molar-refractivity contribution in [2.75, 3.05) is 26.3 Å². The van der Waals surface area contributed by atoms with Crippen LogP contribution in [0.15, 0.2) is 0 Å². The van der Waals surface area contributed by atoms with Gasteiger partial charge < -0.3 is 11.5 Å². The lowest BCUT2D eigenvalue weighted by molar-refractivity contribution is -0.289. The highest BCUT2D eigenvalue weighted by Gasteiger charge is 1.81. The third-order valence-electron chi connectivity index (χ3n) is 0.486. The Morgan fingerprint density at radius 1 is 0.875 bits per heavy atom. The molecule has 4 N–H and O–H groups in total. The van der Waals surface area contributed by atoms with Crippen molar-refractivity contribution < 1.29 is 9.78 Å². The summed E-state index contributed by atoms with van der Waals surface area (Å²) in [6, 6.07) is 0. The van der Waals surface area contributed by atoms with Crippen LogP contribution in [0.2, 0.25) is 0 Å². The van der Waals surface area contributed by atoms with Crippen molar-refractivity contribution in [1.29, 1.82) is 0 Å². The van der Waals surface area contributed by atoms with Gasteiger partial charge in [0.05, 0.1) is 13.2 Å². The highest BCUT2D eigenvalue weighted by molar-refractivity contribution is 4.24. The molecule has 0 fully saturated rings. The average molecular weight is 120 g/mol. The van der Waals surface area contributed by atoms with Gasteiger partial charge in [0, 0.05) is 13.1 Å². The maximum absolute atomic E-state index is 5.07. The van der Waals surface area contributed by atoms with Crippen molar-refractivity contribution in [3.05, 3.63) is 0 Å². The number of nitrogens with two attached hydrogens (primary N) is 2. The molecule has 0 spiro atoms. The maximum atomic E-state index is 5.07. The van der Waals surface area contributed by atoms with E-state index in [1.165, 1.54) is 0 Å². The van der Waals surface area contributed by atoms with E-state index in [-0.39, 0.29) is 0 Å². The monoisotopic (exact) mass is 120 g/mol. The summed E-state index contributed by atoms with van der Waals surface area (Å²) in [5, 5.41) is 0. The third-order valence-corrected chi connectivity index (χ3v) is 0.486. The van der Waals surface area contributed by atoms with Crippen molar-refractivity contribution in [1.82, 2.24) is 0 Å². The van der Waals surface area contributed by atoms with Gasteiger partial charge >= 0.3 is 0 Å². The summed E-state index contributed by atoms with van der Waals surface area (Å²) in [6.45, 7) is 1.81. The van der Waals surface area contributed by atoms with E-state index in [1.807, 2.05) is 0 Å². The Hall–Kier alpha value is -0.160. The van der Waals surface area contributed by atoms with Gasteiger partial charge in [0.2, 0.25) is 0 Å². The molecule has 0 aliphatic heterocycles. The van der Waals surface area contributed by atoms with Gasteiger partial charge in [-0.25, -0.2) is 9.78 Å². The van der Waals surface area contributed by atoms with Crippen LogP contribution in [-0.4, -0.2) is 26.3 Å². The first-order chi connectivity index (χ1) is 3.91. The van der Waals surface area contributed by atoms with Crippen molar-refractivity contribution in [2.45, 2.75) is 0 Å². The molecule has 0 aromatic rings. The van der Waals surface area contributed by atoms with Crippen molar-refractivity contribution >= 4 is 0 Å². The Morgan fingerprint density at radius 3 is 1.50 bits per heavy atom. The zero-order valence-corrected chi connectivity index (χ0v) is 4.80. The summed E-state index contributed by atoms with van der Waals surface area (Å²) in [7, 11) is 0. The van der Waals surface area contributed by atoms with Crippen molar-refractivity contribution in [3.8, 4) is 0 Å². The van der Waals surface area contributed by atoms with Crippen LogP contribution in [0, 0.1) is 0 Å². The molecule has 0 aliphatic carbocycles. The Kier molecular flexibility index (Phi) is 6.70. The van der Waals surface area contributed by atoms with E-state index in [1.54, 1.807) is 0 Å². The molecule has 4 nitrogen and oxygen atoms in total. The molecule has 4 heteroatoms. The second-order valence-corrected chi connectivity index (χ2v) is 1.22. The molecular weight excluding hydrogens is 108 g/mol. The lowest BCUT2D eigenvalue weighted by Gasteiger charge is -1.98. The molecule has 0 aromatic carbocycles. The Morgan fingerprint density at radius 2 is 1.25 bits per heavy atom. The van der Waals surface area contributed by atoms with E-state index in [4.69, 9.17) is 11.5 Å². The largest absolute Gasteiger partial charge is 0.328 e. The average Bonchev–Trinajstić information content (AvgIpc) is 1.81. The van der Waals surface area contributed by atoms with E-state index < -0.39 is 0 Å². The molecule has 0 amide bonds. The summed E-state index contributed by atoms with van der Waals surface area (Å²) in [4.78, 5) is 9.04. The van der Waals surface area contributed by atoms with Gasteiger partial charge in [-0.1, -0.05) is 0 Å². The van der Waals surface area contributed by atoms with Gasteiger partial charge in [-0.15, -0.1) is 0 Å². The molecule has 0 saturated carbocycles. The molecule has 0 radical (unpaired) electrons. The molecule has 0 bridgehead atoms. The second-order valence-electron chi connectivity index (χ2n) is 1.22. The minimum absolute atomic E-state index is 0.431. The van der Waals surface area contributed by atoms with E-state index in [9.17, 15) is 0 Å². The van der Waals surface area contributed by atoms with Crippen LogP contribution in [0.1, 0.15) is 0 Å². The highest BCUT2D eigenvalue weighted by Crippen LogP contribution is 1.72. The van der Waals surface area contributed by atoms with Crippen molar-refractivity contribution in [3.63, 3.8) is 0 Å². The predicted molar refractivity (Wildman–Crippen MR) is 30.0 cm³/mol. The third kappa shape index (κ3) is 5.84. The van der Waals surface area contributed by atoms with E-state index in [2.05, 4.69) is 9.78 Å². The maximum Gasteiger partial charge on any atom is 0.0944 e. The fourth-order valence-corrected chi connectivity index (χ4v) is 0.214. The predicted octanol–water partition coefficient (Wildman–Crippen LogP) is -1.15. The van der Waals surface area contributed by atoms with E-state index in [0.29, 0.717) is 26.3 Å². The lowest BCUT2D eigenvalue weighted by Crippen LogP contribution is -2.13. The fraction of sp³-hybridized carbons (Fsp3) is 1.00. The topological polar surface area (TPSA) is 70.5 Å². The van der Waals surface area contributed by atoms with Gasteiger partial charge in [0.25, 0.3) is 0 Å². The molecule has 0 heterocycles. The Bertz CT molecular complexity index is 37.0. The molecular formula is C4H12N2O2. The van der Waals surface area contributed by atoms with Crippen molar-refractivity contribution in [2.24, 2.45) is 11.5 Å². The highest BCUT2D eigenvalue weighted by atomic mass is 17.2. The first-order valence-corrected chi connectivity index (χ1v) is 2.56. The molecule has 0 aliphatic rings. The van der Waals surface area contributed by atoms with Crippen LogP contribution >= 0.6 is 0 Å². The van der Waals surface area contributed by atoms with Crippen LogP contribution < -0.4 is 11.5 Å². The SMILES string of the molecule is NCCOOCCN. The Labute approximate surface area is 48.7 Å². The molecule has 8 heavy (non-hydrogen) atoms. The molecule has 0 rings (SSSR count). The van der Waals surface area contributed by atoms with Crippen LogP contribution in [-0.2, 0) is 9.78 Å². The number of rotatable bonds is 5. The van der Waals surface area contributed by atoms with Gasteiger partial charge in [-0.3, -0.25) is 0 Å². The second kappa shape index (κ2) is 6.84. The standard InChI is InChI=1S/C4H12N2O2/c5-1-3-7-8-4-2-6/h1-6H2. The summed E-state index contributed by atoms with van der Waals surface area (Å²) in [5.41, 5.74) is 10.1. The summed E-state index contributed by atoms with van der Waals surface area (Å²) >= 11 is 0. The van der Waals surface area contributed by atoms with E-state index >= 15 is 0 Å². The minimum Gasteiger partial charge on any atom is -0.328 e. The first kappa shape index (κ1) is 7.84. The number of hydrogen-bond donors (Lipinski definition) is 2. The number of hydrogen-bond acceptors (Lipinski definition) is 4. The van der Waals surface area contributed by atoms with Gasteiger partial charge in [0.1, 0.15) is 0 Å². The molecule has 0 atom stereocenters. The van der Waals surface area contributed by atoms with Gasteiger partial charge in [-0.05, 0) is 0 Å². The molecule has 0 unspecified atom stereocenters. The van der Waals surface area contributed by atoms with Crippen LogP contribution in [0.25, 0.3) is 0 Å². The van der Waals surface area contributed by atoms with E-state index in [0.717, 1.165) is 0 Å². The van der Waals surface area contributed by atoms with Crippen LogP contribution in [0.4, 0.5) is 0 Å². The minimum atomic E-state index is 0.431. The molecule has 0 aromatic heterocycles. The van der Waals surface area contributed by atoms with Gasteiger partial charge in [0.15, 0.2) is 0 Å². The first-order valence-electron chi connectivity index (χ1n) is 2.56. The van der Waals surface area contributed by atoms with Gasteiger partial charge in [-0.2, -0.15) is 0 Å². The fourth-order valence-electron chi connectivity index (χ4n) is 0.214. The zero-order chi connectivity index (χ0) is 6.24. The lowest BCUT2D eigenvalue weighted by atomic mass is 10.7. The summed E-state index contributed by atoms with van der Waals surface area (Å²) < 4.78 is 0. The van der Waals surface area contributed by atoms with Crippen LogP contribution in [0.3, 0.4) is 0 Å². The summed E-state index contributed by atoms with van der Waals surface area (Å²) in [6.07, 6.45) is 0. The smallest absolute Gasteiger partial charge is 0.0944 e. The molecule has 50 valence electrons. The summed E-state index contributed by atoms with van der Waals surface area (Å²) in [5.74, 6) is 0. The molecule has 0 saturated heterocycles.